The highest BCUT2D eigenvalue weighted by Gasteiger charge is 2.62. The number of hydrogen-bond acceptors (Lipinski definition) is 9. The molecule has 1 aromatic rings. The van der Waals surface area contributed by atoms with Gasteiger partial charge in [-0.05, 0) is 63.5 Å². The van der Waals surface area contributed by atoms with Crippen LogP contribution in [0.4, 0.5) is 15.3 Å². The van der Waals surface area contributed by atoms with Crippen molar-refractivity contribution in [3.63, 3.8) is 0 Å². The van der Waals surface area contributed by atoms with E-state index in [2.05, 4.69) is 27.3 Å². The Balaban J connectivity index is 1.59. The number of carbonyl (C=O) groups excluding carboxylic acids is 5. The zero-order valence-electron chi connectivity index (χ0n) is 29.3. The number of nitrogens with one attached hydrogen (secondary N) is 4. The molecule has 1 aromatic carbocycles. The summed E-state index contributed by atoms with van der Waals surface area (Å²) >= 11 is 0. The van der Waals surface area contributed by atoms with Gasteiger partial charge in [0.15, 0.2) is 0 Å². The molecule has 5 atom stereocenters. The van der Waals surface area contributed by atoms with Gasteiger partial charge in [0, 0.05) is 18.0 Å². The molecule has 0 aromatic heterocycles. The highest BCUT2D eigenvalue weighted by Crippen LogP contribution is 2.45. The van der Waals surface area contributed by atoms with Crippen molar-refractivity contribution in [3.05, 3.63) is 42.5 Å². The molecule has 3 fully saturated rings. The molecule has 4 rings (SSSR count). The first-order valence-electron chi connectivity index (χ1n) is 16.6. The Bertz CT molecular complexity index is 1600. The normalized spacial score (nSPS) is 24.2. The van der Waals surface area contributed by atoms with Gasteiger partial charge in [0.1, 0.15) is 29.3 Å². The first kappa shape index (κ1) is 37.7. The Morgan fingerprint density at radius 2 is 1.71 bits per heavy atom. The van der Waals surface area contributed by atoms with Crippen molar-refractivity contribution in [2.24, 2.45) is 11.3 Å². The second-order valence-electron chi connectivity index (χ2n) is 15.0. The number of alkyl carbamates (subject to hydrolysis) is 1. The zero-order valence-corrected chi connectivity index (χ0v) is 30.1. The summed E-state index contributed by atoms with van der Waals surface area (Å²) in [7, 11) is -3.91. The molecule has 14 nitrogen and oxygen atoms in total. The third kappa shape index (κ3) is 9.11. The molecule has 1 heterocycles. The zero-order chi connectivity index (χ0) is 36.5. The first-order valence-corrected chi connectivity index (χ1v) is 18.1. The van der Waals surface area contributed by atoms with Crippen molar-refractivity contribution in [2.75, 3.05) is 11.9 Å². The number of carbonyl (C=O) groups is 5. The molecule has 0 bridgehead atoms. The minimum atomic E-state index is -3.91. The Morgan fingerprint density at radius 1 is 1.06 bits per heavy atom. The molecule has 3 aliphatic rings. The van der Waals surface area contributed by atoms with Crippen molar-refractivity contribution in [1.82, 2.24) is 20.3 Å². The Labute approximate surface area is 288 Å². The predicted molar refractivity (Wildman–Crippen MR) is 182 cm³/mol. The number of nitrogens with zero attached hydrogens (tertiary/aromatic N) is 1. The largest absolute Gasteiger partial charge is 0.444 e. The van der Waals surface area contributed by atoms with Gasteiger partial charge in [0.2, 0.25) is 21.8 Å². The minimum Gasteiger partial charge on any atom is -0.444 e. The molecule has 270 valence electrons. The van der Waals surface area contributed by atoms with Crippen molar-refractivity contribution in [3.8, 4) is 0 Å². The van der Waals surface area contributed by atoms with Crippen LogP contribution in [0.3, 0.4) is 0 Å². The average molecular weight is 704 g/mol. The molecule has 1 unspecified atom stereocenters. The summed E-state index contributed by atoms with van der Waals surface area (Å²) in [5.41, 5.74) is -1.84. The second-order valence-corrected chi connectivity index (χ2v) is 17.0. The number of amides is 5. The summed E-state index contributed by atoms with van der Waals surface area (Å²) in [4.78, 5) is 68.7. The van der Waals surface area contributed by atoms with E-state index in [0.29, 0.717) is 24.9 Å². The van der Waals surface area contributed by atoms with Gasteiger partial charge in [-0.1, -0.05) is 52.0 Å². The standard InChI is InChI=1S/C34H49N5O9S/c1-9-20-13-11-12-14-24(20)35-30(43)47-22-17-25(39(19-22)28(41)26(32(3,4)5)36-31(44)48-33(6,7)8)27(40)37-34(18-21(34)10-2)29(42)38-49(45,46)23-15-16-23/h10-14,21-23,25-26H,2,9,15-19H2,1,3-8H3,(H,35,43)(H,36,44)(H,37,40)(H,38,42)/t21?,22-,25+,26-,34-/m1/s1. The SMILES string of the molecule is C=CC1C[C@]1(NC(=O)[C@@H]1C[C@@H](OC(=O)Nc2ccccc2CC)CN1C(=O)[C@@H](NC(=O)OC(C)(C)C)C(C)(C)C)C(=O)NS(=O)(=O)C1CC1. The Morgan fingerprint density at radius 3 is 2.27 bits per heavy atom. The van der Waals surface area contributed by atoms with Gasteiger partial charge in [0.05, 0.1) is 11.8 Å². The van der Waals surface area contributed by atoms with Crippen molar-refractivity contribution in [2.45, 2.75) is 115 Å². The predicted octanol–water partition coefficient (Wildman–Crippen LogP) is 3.38. The van der Waals surface area contributed by atoms with E-state index in [4.69, 9.17) is 9.47 Å². The van der Waals surface area contributed by atoms with Crippen LogP contribution in [-0.4, -0.2) is 84.3 Å². The maximum Gasteiger partial charge on any atom is 0.411 e. The van der Waals surface area contributed by atoms with Crippen LogP contribution in [-0.2, 0) is 40.3 Å². The van der Waals surface area contributed by atoms with Crippen molar-refractivity contribution < 1.29 is 41.9 Å². The number of hydrogen-bond donors (Lipinski definition) is 4. The number of rotatable bonds is 11. The lowest BCUT2D eigenvalue weighted by molar-refractivity contribution is -0.143. The molecule has 0 radical (unpaired) electrons. The van der Waals surface area contributed by atoms with Gasteiger partial charge in [0.25, 0.3) is 5.91 Å². The van der Waals surface area contributed by atoms with Gasteiger partial charge in [-0.15, -0.1) is 6.58 Å². The Kier molecular flexibility index (Phi) is 10.8. The molecular formula is C34H49N5O9S. The lowest BCUT2D eigenvalue weighted by atomic mass is 9.85. The summed E-state index contributed by atoms with van der Waals surface area (Å²) in [5, 5.41) is 7.41. The van der Waals surface area contributed by atoms with Crippen LogP contribution in [0.2, 0.25) is 0 Å². The van der Waals surface area contributed by atoms with E-state index in [1.54, 1.807) is 53.7 Å². The molecule has 2 saturated carbocycles. The molecule has 4 N–H and O–H groups in total. The highest BCUT2D eigenvalue weighted by molar-refractivity contribution is 7.91. The van der Waals surface area contributed by atoms with Crippen molar-refractivity contribution >= 4 is 45.6 Å². The van der Waals surface area contributed by atoms with Crippen LogP contribution in [0, 0.1) is 11.3 Å². The molecule has 15 heteroatoms. The quantitative estimate of drug-likeness (QED) is 0.251. The molecule has 2 aliphatic carbocycles. The third-order valence-corrected chi connectivity index (χ3v) is 10.6. The van der Waals surface area contributed by atoms with E-state index >= 15 is 0 Å². The van der Waals surface area contributed by atoms with Crippen LogP contribution < -0.4 is 20.7 Å². The first-order chi connectivity index (χ1) is 22.7. The van der Waals surface area contributed by atoms with Gasteiger partial charge in [-0.3, -0.25) is 24.4 Å². The number of anilines is 1. The van der Waals surface area contributed by atoms with Gasteiger partial charge < -0.3 is 25.0 Å². The molecule has 5 amide bonds. The fourth-order valence-corrected chi connectivity index (χ4v) is 7.24. The highest BCUT2D eigenvalue weighted by atomic mass is 32.2. The molecule has 0 spiro atoms. The maximum absolute atomic E-state index is 14.3. The molecule has 1 aliphatic heterocycles. The number of benzene rings is 1. The van der Waals surface area contributed by atoms with Crippen LogP contribution in [0.15, 0.2) is 36.9 Å². The minimum absolute atomic E-state index is 0.110. The summed E-state index contributed by atoms with van der Waals surface area (Å²) in [6.07, 6.45) is 0.437. The summed E-state index contributed by atoms with van der Waals surface area (Å²) in [5.74, 6) is -2.81. The number of para-hydroxylation sites is 1. The topological polar surface area (TPSA) is 189 Å². The van der Waals surface area contributed by atoms with E-state index in [-0.39, 0.29) is 19.4 Å². The number of sulfonamides is 1. The van der Waals surface area contributed by atoms with Crippen LogP contribution in [0.1, 0.15) is 79.7 Å². The van der Waals surface area contributed by atoms with Crippen molar-refractivity contribution in [1.29, 1.82) is 0 Å². The monoisotopic (exact) mass is 703 g/mol. The number of aryl methyl sites for hydroxylation is 1. The number of ether oxygens (including phenoxy) is 2. The summed E-state index contributed by atoms with van der Waals surface area (Å²) < 4.78 is 38.4. The average Bonchev–Trinajstić information content (AvgIpc) is 3.91. The molecular weight excluding hydrogens is 654 g/mol. The fourth-order valence-electron chi connectivity index (χ4n) is 5.88. The summed E-state index contributed by atoms with van der Waals surface area (Å²) in [6, 6.07) is 4.81. The van der Waals surface area contributed by atoms with E-state index in [1.165, 1.54) is 11.0 Å². The number of likely N-dealkylation sites (tertiary alicyclic amines) is 1. The van der Waals surface area contributed by atoms with Gasteiger partial charge >= 0.3 is 12.2 Å². The van der Waals surface area contributed by atoms with E-state index in [1.807, 2.05) is 19.1 Å². The van der Waals surface area contributed by atoms with Crippen LogP contribution in [0.25, 0.3) is 0 Å². The lowest BCUT2D eigenvalue weighted by Gasteiger charge is -2.36. The maximum atomic E-state index is 14.3. The molecule has 1 saturated heterocycles. The van der Waals surface area contributed by atoms with E-state index < -0.39 is 85.8 Å². The fraction of sp³-hybridized carbons (Fsp3) is 0.618. The second kappa shape index (κ2) is 14.0. The summed E-state index contributed by atoms with van der Waals surface area (Å²) in [6.45, 7) is 15.7. The van der Waals surface area contributed by atoms with E-state index in [9.17, 15) is 32.4 Å². The van der Waals surface area contributed by atoms with Gasteiger partial charge in [-0.2, -0.15) is 0 Å². The molecule has 49 heavy (non-hydrogen) atoms. The van der Waals surface area contributed by atoms with E-state index in [0.717, 1.165) is 5.56 Å². The smallest absolute Gasteiger partial charge is 0.411 e. The van der Waals surface area contributed by atoms with Gasteiger partial charge in [-0.25, -0.2) is 18.0 Å². The van der Waals surface area contributed by atoms with Crippen LogP contribution >= 0.6 is 0 Å². The lowest BCUT2D eigenvalue weighted by Crippen LogP contribution is -2.60. The third-order valence-electron chi connectivity index (χ3n) is 8.78. The Hall–Kier alpha value is -4.14. The van der Waals surface area contributed by atoms with Crippen LogP contribution in [0.5, 0.6) is 0 Å².